The van der Waals surface area contributed by atoms with Gasteiger partial charge < -0.3 is 19.5 Å². The van der Waals surface area contributed by atoms with E-state index in [1.807, 2.05) is 30.1 Å². The minimum Gasteiger partial charge on any atom is -0.495 e. The van der Waals surface area contributed by atoms with Crippen LogP contribution in [0.1, 0.15) is 11.1 Å². The Hall–Kier alpha value is -3.42. The average Bonchev–Trinajstić information content (AvgIpc) is 3.12. The Balaban J connectivity index is 1.43. The Labute approximate surface area is 168 Å². The molecule has 0 saturated carbocycles. The second-order valence-corrected chi connectivity index (χ2v) is 7.00. The number of pyridine rings is 1. The number of nitrogens with one attached hydrogen (secondary N) is 1. The number of hydrogen-bond acceptors (Lipinski definition) is 4. The van der Waals surface area contributed by atoms with Crippen molar-refractivity contribution in [1.29, 1.82) is 0 Å². The smallest absolute Gasteiger partial charge is 0.246 e. The number of aryl methyl sites for hydroxylation is 1. The van der Waals surface area contributed by atoms with Crippen LogP contribution >= 0.6 is 0 Å². The molecule has 0 aliphatic carbocycles. The average molecular weight is 398 g/mol. The molecule has 2 aromatic heterocycles. The van der Waals surface area contributed by atoms with E-state index in [1.165, 1.54) is 24.2 Å². The molecular weight excluding hydrogens is 375 g/mol. The molecule has 1 aliphatic heterocycles. The van der Waals surface area contributed by atoms with Gasteiger partial charge in [0, 0.05) is 37.8 Å². The Bertz CT molecular complexity index is 945. The number of methoxy groups -OCH3 is 1. The lowest BCUT2D eigenvalue weighted by atomic mass is 9.96. The number of carbonyl (C=O) groups is 2. The molecule has 29 heavy (non-hydrogen) atoms. The SMILES string of the molecule is COc1cncc(/C=C/C(=O)NCC2(F)CN(C(=O)/C=C/c3ccn(C)c3)C2)c1. The standard InChI is InChI=1S/C21H23FN4O3/c1-25-8-7-16(12-25)4-6-20(28)26-14-21(22,15-26)13-24-19(27)5-3-17-9-18(29-2)11-23-10-17/h3-12H,13-15H2,1-2H3,(H,24,27)/b5-3+,6-4+. The van der Waals surface area contributed by atoms with Gasteiger partial charge in [0.2, 0.25) is 11.8 Å². The fourth-order valence-electron chi connectivity index (χ4n) is 2.92. The third-order valence-electron chi connectivity index (χ3n) is 4.51. The predicted octanol–water partition coefficient (Wildman–Crippen LogP) is 1.82. The first-order valence-electron chi connectivity index (χ1n) is 9.10. The minimum atomic E-state index is -1.61. The van der Waals surface area contributed by atoms with Crippen molar-refractivity contribution < 1.29 is 18.7 Å². The maximum absolute atomic E-state index is 14.6. The lowest BCUT2D eigenvalue weighted by molar-refractivity contribution is -0.139. The van der Waals surface area contributed by atoms with Crippen LogP contribution in [0.5, 0.6) is 5.75 Å². The van der Waals surface area contributed by atoms with Crippen LogP contribution in [0.2, 0.25) is 0 Å². The van der Waals surface area contributed by atoms with Crippen molar-refractivity contribution in [1.82, 2.24) is 19.8 Å². The van der Waals surface area contributed by atoms with Crippen LogP contribution < -0.4 is 10.1 Å². The first kappa shape index (κ1) is 20.3. The van der Waals surface area contributed by atoms with Gasteiger partial charge in [-0.2, -0.15) is 0 Å². The second kappa shape index (κ2) is 8.72. The molecule has 0 bridgehead atoms. The topological polar surface area (TPSA) is 76.5 Å². The summed E-state index contributed by atoms with van der Waals surface area (Å²) in [6.07, 6.45) is 12.9. The van der Waals surface area contributed by atoms with Crippen molar-refractivity contribution in [3.8, 4) is 5.75 Å². The zero-order valence-corrected chi connectivity index (χ0v) is 16.3. The molecule has 3 rings (SSSR count). The van der Waals surface area contributed by atoms with E-state index in [9.17, 15) is 14.0 Å². The number of hydrogen-bond donors (Lipinski definition) is 1. The van der Waals surface area contributed by atoms with Gasteiger partial charge in [-0.15, -0.1) is 0 Å². The molecule has 0 atom stereocenters. The molecule has 1 fully saturated rings. The summed E-state index contributed by atoms with van der Waals surface area (Å²) in [4.78, 5) is 29.4. The fourth-order valence-corrected chi connectivity index (χ4v) is 2.92. The van der Waals surface area contributed by atoms with Gasteiger partial charge in [0.25, 0.3) is 0 Å². The zero-order chi connectivity index (χ0) is 20.9. The monoisotopic (exact) mass is 398 g/mol. The fraction of sp³-hybridized carbons (Fsp3) is 0.286. The maximum atomic E-state index is 14.6. The molecule has 1 aliphatic rings. The van der Waals surface area contributed by atoms with Crippen LogP contribution in [0.3, 0.4) is 0 Å². The van der Waals surface area contributed by atoms with Crippen molar-refractivity contribution in [3.05, 3.63) is 60.2 Å². The van der Waals surface area contributed by atoms with Gasteiger partial charge >= 0.3 is 0 Å². The van der Waals surface area contributed by atoms with Crippen LogP contribution in [-0.2, 0) is 16.6 Å². The lowest BCUT2D eigenvalue weighted by Crippen LogP contribution is -2.64. The summed E-state index contributed by atoms with van der Waals surface area (Å²) in [5, 5.41) is 2.53. The molecule has 2 aromatic rings. The van der Waals surface area contributed by atoms with Crippen molar-refractivity contribution in [2.45, 2.75) is 5.67 Å². The Morgan fingerprint density at radius 2 is 2.03 bits per heavy atom. The predicted molar refractivity (Wildman–Crippen MR) is 108 cm³/mol. The summed E-state index contributed by atoms with van der Waals surface area (Å²) < 4.78 is 21.6. The number of rotatable bonds is 7. The summed E-state index contributed by atoms with van der Waals surface area (Å²) in [5.74, 6) is -0.0896. The normalized spacial score (nSPS) is 15.5. The van der Waals surface area contributed by atoms with E-state index in [0.29, 0.717) is 11.3 Å². The molecule has 8 heteroatoms. The van der Waals surface area contributed by atoms with Crippen molar-refractivity contribution >= 4 is 24.0 Å². The van der Waals surface area contributed by atoms with Gasteiger partial charge in [0.15, 0.2) is 5.67 Å². The van der Waals surface area contributed by atoms with Crippen LogP contribution in [0.15, 0.2) is 49.1 Å². The van der Waals surface area contributed by atoms with E-state index in [2.05, 4.69) is 10.3 Å². The Kier molecular flexibility index (Phi) is 6.11. The van der Waals surface area contributed by atoms with Gasteiger partial charge in [-0.3, -0.25) is 14.6 Å². The summed E-state index contributed by atoms with van der Waals surface area (Å²) >= 11 is 0. The largest absolute Gasteiger partial charge is 0.495 e. The summed E-state index contributed by atoms with van der Waals surface area (Å²) in [7, 11) is 3.42. The molecule has 2 amide bonds. The first-order valence-corrected chi connectivity index (χ1v) is 9.10. The highest BCUT2D eigenvalue weighted by Crippen LogP contribution is 2.25. The number of amides is 2. The molecular formula is C21H23FN4O3. The van der Waals surface area contributed by atoms with E-state index in [4.69, 9.17) is 4.74 Å². The van der Waals surface area contributed by atoms with Gasteiger partial charge in [0.05, 0.1) is 32.9 Å². The van der Waals surface area contributed by atoms with Crippen molar-refractivity contribution in [2.24, 2.45) is 7.05 Å². The van der Waals surface area contributed by atoms with Gasteiger partial charge in [-0.1, -0.05) is 0 Å². The molecule has 0 spiro atoms. The molecule has 0 unspecified atom stereocenters. The number of alkyl halides is 1. The Morgan fingerprint density at radius 3 is 2.72 bits per heavy atom. The quantitative estimate of drug-likeness (QED) is 0.722. The molecule has 1 N–H and O–H groups in total. The summed E-state index contributed by atoms with van der Waals surface area (Å²) in [5.41, 5.74) is -0.0182. The van der Waals surface area contributed by atoms with Gasteiger partial charge in [-0.25, -0.2) is 4.39 Å². The van der Waals surface area contributed by atoms with E-state index < -0.39 is 11.6 Å². The highest BCUT2D eigenvalue weighted by atomic mass is 19.1. The third-order valence-corrected chi connectivity index (χ3v) is 4.51. The highest BCUT2D eigenvalue weighted by molar-refractivity contribution is 5.93. The van der Waals surface area contributed by atoms with E-state index in [0.717, 1.165) is 5.56 Å². The lowest BCUT2D eigenvalue weighted by Gasteiger charge is -2.43. The molecule has 152 valence electrons. The summed E-state index contributed by atoms with van der Waals surface area (Å²) in [6, 6.07) is 3.61. The van der Waals surface area contributed by atoms with E-state index >= 15 is 0 Å². The van der Waals surface area contributed by atoms with E-state index in [-0.39, 0.29) is 25.5 Å². The number of likely N-dealkylation sites (tertiary alicyclic amines) is 1. The van der Waals surface area contributed by atoms with E-state index in [1.54, 1.807) is 30.6 Å². The van der Waals surface area contributed by atoms with Gasteiger partial charge in [-0.05, 0) is 35.4 Å². The first-order chi connectivity index (χ1) is 13.9. The van der Waals surface area contributed by atoms with Gasteiger partial charge in [0.1, 0.15) is 5.75 Å². The van der Waals surface area contributed by atoms with Crippen LogP contribution in [0.4, 0.5) is 4.39 Å². The maximum Gasteiger partial charge on any atom is 0.246 e. The highest BCUT2D eigenvalue weighted by Gasteiger charge is 2.45. The van der Waals surface area contributed by atoms with Crippen LogP contribution in [0, 0.1) is 0 Å². The van der Waals surface area contributed by atoms with Crippen LogP contribution in [0.25, 0.3) is 12.2 Å². The van der Waals surface area contributed by atoms with Crippen molar-refractivity contribution in [2.75, 3.05) is 26.7 Å². The summed E-state index contributed by atoms with van der Waals surface area (Å²) in [6.45, 7) is -0.248. The minimum absolute atomic E-state index is 0.0469. The number of aromatic nitrogens is 2. The molecule has 3 heterocycles. The molecule has 1 saturated heterocycles. The Morgan fingerprint density at radius 1 is 1.28 bits per heavy atom. The van der Waals surface area contributed by atoms with Crippen LogP contribution in [-0.4, -0.2) is 58.7 Å². The zero-order valence-electron chi connectivity index (χ0n) is 16.3. The number of ether oxygens (including phenoxy) is 1. The van der Waals surface area contributed by atoms with Crippen molar-refractivity contribution in [3.63, 3.8) is 0 Å². The third kappa shape index (κ3) is 5.54. The number of nitrogens with zero attached hydrogens (tertiary/aromatic N) is 3. The second-order valence-electron chi connectivity index (χ2n) is 7.00. The molecule has 0 aromatic carbocycles. The molecule has 0 radical (unpaired) electrons. The number of carbonyl (C=O) groups excluding carboxylic acids is 2. The number of halogens is 1. The molecule has 7 nitrogen and oxygen atoms in total.